The van der Waals surface area contributed by atoms with E-state index in [1.807, 2.05) is 0 Å². The maximum atomic E-state index is 3.83. The van der Waals surface area contributed by atoms with Gasteiger partial charge in [0.1, 0.15) is 0 Å². The van der Waals surface area contributed by atoms with Gasteiger partial charge < -0.3 is 5.32 Å². The van der Waals surface area contributed by atoms with E-state index in [2.05, 4.69) is 46.2 Å². The van der Waals surface area contributed by atoms with Gasteiger partial charge in [0.2, 0.25) is 0 Å². The lowest BCUT2D eigenvalue weighted by Crippen LogP contribution is -2.27. The molecule has 3 fully saturated rings. The molecular weight excluding hydrogens is 276 g/mol. The standard InChI is InChI=1S/C18H26N2S/c1-2-6-16(5-1)21-18-8-4-3-7-17(18)19-14-11-12-20(13-14)15-9-10-15/h3-4,7-8,14-16,19H,1-2,5-6,9-13H2. The quantitative estimate of drug-likeness (QED) is 0.869. The topological polar surface area (TPSA) is 15.3 Å². The van der Waals surface area contributed by atoms with Crippen LogP contribution >= 0.6 is 11.8 Å². The van der Waals surface area contributed by atoms with E-state index in [0.29, 0.717) is 6.04 Å². The normalized spacial score (nSPS) is 27.3. The van der Waals surface area contributed by atoms with E-state index in [9.17, 15) is 0 Å². The van der Waals surface area contributed by atoms with E-state index < -0.39 is 0 Å². The summed E-state index contributed by atoms with van der Waals surface area (Å²) in [6, 6.07) is 10.5. The molecule has 3 heteroatoms. The zero-order chi connectivity index (χ0) is 14.1. The second-order valence-corrected chi connectivity index (χ2v) is 8.22. The van der Waals surface area contributed by atoms with Crippen molar-refractivity contribution < 1.29 is 0 Å². The van der Waals surface area contributed by atoms with Crippen LogP contribution in [0.2, 0.25) is 0 Å². The highest BCUT2D eigenvalue weighted by atomic mass is 32.2. The number of para-hydroxylation sites is 1. The lowest BCUT2D eigenvalue weighted by atomic mass is 10.2. The predicted octanol–water partition coefficient (Wildman–Crippen LogP) is 4.37. The van der Waals surface area contributed by atoms with Crippen molar-refractivity contribution in [2.75, 3.05) is 18.4 Å². The molecule has 1 saturated heterocycles. The average molecular weight is 302 g/mol. The van der Waals surface area contributed by atoms with E-state index in [-0.39, 0.29) is 0 Å². The van der Waals surface area contributed by atoms with Crippen molar-refractivity contribution in [2.24, 2.45) is 0 Å². The van der Waals surface area contributed by atoms with Crippen molar-refractivity contribution in [3.8, 4) is 0 Å². The first-order chi connectivity index (χ1) is 10.4. The number of hydrogen-bond donors (Lipinski definition) is 1. The Morgan fingerprint density at radius 2 is 1.81 bits per heavy atom. The van der Waals surface area contributed by atoms with Gasteiger partial charge in [0.25, 0.3) is 0 Å². The van der Waals surface area contributed by atoms with Gasteiger partial charge in [0.15, 0.2) is 0 Å². The highest BCUT2D eigenvalue weighted by molar-refractivity contribution is 8.00. The molecule has 1 N–H and O–H groups in total. The number of thioether (sulfide) groups is 1. The zero-order valence-corrected chi connectivity index (χ0v) is 13.6. The molecule has 1 unspecified atom stereocenters. The molecule has 3 aliphatic rings. The molecule has 0 radical (unpaired) electrons. The number of nitrogens with one attached hydrogen (secondary N) is 1. The van der Waals surface area contributed by atoms with E-state index in [0.717, 1.165) is 11.3 Å². The smallest absolute Gasteiger partial charge is 0.0481 e. The second kappa shape index (κ2) is 6.21. The average Bonchev–Trinajstić information content (AvgIpc) is 3.03. The van der Waals surface area contributed by atoms with E-state index >= 15 is 0 Å². The van der Waals surface area contributed by atoms with Crippen molar-refractivity contribution >= 4 is 17.4 Å². The van der Waals surface area contributed by atoms with Crippen LogP contribution in [0.25, 0.3) is 0 Å². The molecule has 114 valence electrons. The van der Waals surface area contributed by atoms with Gasteiger partial charge in [-0.15, -0.1) is 11.8 Å². The van der Waals surface area contributed by atoms with Crippen LogP contribution in [0, 0.1) is 0 Å². The number of nitrogens with zero attached hydrogens (tertiary/aromatic N) is 1. The second-order valence-electron chi connectivity index (χ2n) is 6.88. The predicted molar refractivity (Wildman–Crippen MR) is 91.2 cm³/mol. The third-order valence-corrected chi connectivity index (χ3v) is 6.54. The van der Waals surface area contributed by atoms with Gasteiger partial charge in [0, 0.05) is 41.0 Å². The van der Waals surface area contributed by atoms with Gasteiger partial charge >= 0.3 is 0 Å². The van der Waals surface area contributed by atoms with Crippen LogP contribution in [-0.4, -0.2) is 35.3 Å². The Morgan fingerprint density at radius 3 is 2.62 bits per heavy atom. The minimum atomic E-state index is 0.649. The number of benzene rings is 1. The first kappa shape index (κ1) is 14.0. The zero-order valence-electron chi connectivity index (χ0n) is 12.8. The summed E-state index contributed by atoms with van der Waals surface area (Å²) in [6.07, 6.45) is 9.81. The number of rotatable bonds is 5. The third-order valence-electron chi connectivity index (χ3n) is 5.13. The summed E-state index contributed by atoms with van der Waals surface area (Å²) in [4.78, 5) is 4.15. The maximum Gasteiger partial charge on any atom is 0.0481 e. The molecule has 1 aromatic carbocycles. The first-order valence-corrected chi connectivity index (χ1v) is 9.53. The summed E-state index contributed by atoms with van der Waals surface area (Å²) in [6.45, 7) is 2.54. The summed E-state index contributed by atoms with van der Waals surface area (Å²) < 4.78 is 0. The van der Waals surface area contributed by atoms with Crippen molar-refractivity contribution in [3.05, 3.63) is 24.3 Å². The lowest BCUT2D eigenvalue weighted by Gasteiger charge is -2.19. The molecule has 2 saturated carbocycles. The van der Waals surface area contributed by atoms with Crippen LogP contribution in [0.15, 0.2) is 29.2 Å². The van der Waals surface area contributed by atoms with Gasteiger partial charge in [-0.05, 0) is 44.2 Å². The lowest BCUT2D eigenvalue weighted by molar-refractivity contribution is 0.326. The fourth-order valence-corrected chi connectivity index (χ4v) is 5.11. The molecule has 1 aromatic rings. The molecule has 0 amide bonds. The van der Waals surface area contributed by atoms with Gasteiger partial charge in [-0.1, -0.05) is 25.0 Å². The molecule has 0 spiro atoms. The Morgan fingerprint density at radius 1 is 1.00 bits per heavy atom. The van der Waals surface area contributed by atoms with Crippen LogP contribution in [0.1, 0.15) is 44.9 Å². The highest BCUT2D eigenvalue weighted by Gasteiger charge is 2.34. The molecular formula is C18H26N2S. The van der Waals surface area contributed by atoms with Gasteiger partial charge in [-0.25, -0.2) is 0 Å². The van der Waals surface area contributed by atoms with Crippen LogP contribution < -0.4 is 5.32 Å². The minimum Gasteiger partial charge on any atom is -0.380 e. The fourth-order valence-electron chi connectivity index (χ4n) is 3.77. The molecule has 21 heavy (non-hydrogen) atoms. The van der Waals surface area contributed by atoms with Gasteiger partial charge in [-0.3, -0.25) is 4.90 Å². The van der Waals surface area contributed by atoms with Gasteiger partial charge in [-0.2, -0.15) is 0 Å². The summed E-state index contributed by atoms with van der Waals surface area (Å²) in [5, 5.41) is 4.68. The van der Waals surface area contributed by atoms with Crippen LogP contribution in [0.4, 0.5) is 5.69 Å². The monoisotopic (exact) mass is 302 g/mol. The van der Waals surface area contributed by atoms with Crippen molar-refractivity contribution in [1.29, 1.82) is 0 Å². The molecule has 4 rings (SSSR count). The minimum absolute atomic E-state index is 0.649. The van der Waals surface area contributed by atoms with Gasteiger partial charge in [0.05, 0.1) is 0 Å². The molecule has 1 aliphatic heterocycles. The number of hydrogen-bond acceptors (Lipinski definition) is 3. The third kappa shape index (κ3) is 3.40. The SMILES string of the molecule is c1ccc(SC2CCCC2)c(NC2CCN(C3CC3)C2)c1. The van der Waals surface area contributed by atoms with E-state index in [1.165, 1.54) is 68.6 Å². The van der Waals surface area contributed by atoms with Crippen molar-refractivity contribution in [1.82, 2.24) is 4.90 Å². The fraction of sp³-hybridized carbons (Fsp3) is 0.667. The Hall–Kier alpha value is -0.670. The van der Waals surface area contributed by atoms with Crippen LogP contribution in [0.3, 0.4) is 0 Å². The summed E-state index contributed by atoms with van der Waals surface area (Å²) in [5.74, 6) is 0. The van der Waals surface area contributed by atoms with E-state index in [4.69, 9.17) is 0 Å². The largest absolute Gasteiger partial charge is 0.380 e. The Balaban J connectivity index is 1.39. The molecule has 1 atom stereocenters. The first-order valence-electron chi connectivity index (χ1n) is 8.65. The molecule has 1 heterocycles. The molecule has 0 aromatic heterocycles. The van der Waals surface area contributed by atoms with Crippen LogP contribution in [-0.2, 0) is 0 Å². The molecule has 2 nitrogen and oxygen atoms in total. The summed E-state index contributed by atoms with van der Waals surface area (Å²) in [7, 11) is 0. The Labute approximate surface area is 132 Å². The molecule has 2 aliphatic carbocycles. The Bertz CT molecular complexity index is 480. The maximum absolute atomic E-state index is 3.83. The van der Waals surface area contributed by atoms with E-state index in [1.54, 1.807) is 0 Å². The highest BCUT2D eigenvalue weighted by Crippen LogP contribution is 2.38. The number of anilines is 1. The van der Waals surface area contributed by atoms with Crippen molar-refractivity contribution in [3.63, 3.8) is 0 Å². The Kier molecular flexibility index (Phi) is 4.13. The van der Waals surface area contributed by atoms with Crippen molar-refractivity contribution in [2.45, 2.75) is 67.2 Å². The summed E-state index contributed by atoms with van der Waals surface area (Å²) >= 11 is 2.10. The summed E-state index contributed by atoms with van der Waals surface area (Å²) in [5.41, 5.74) is 1.37. The van der Waals surface area contributed by atoms with Crippen LogP contribution in [0.5, 0.6) is 0 Å². The number of likely N-dealkylation sites (tertiary alicyclic amines) is 1. The molecule has 0 bridgehead atoms.